The molecule has 0 spiro atoms. The van der Waals surface area contributed by atoms with Gasteiger partial charge in [-0.15, -0.1) is 0 Å². The summed E-state index contributed by atoms with van der Waals surface area (Å²) in [6.45, 7) is 5.07. The number of nitrogens with zero attached hydrogens (tertiary/aromatic N) is 1. The van der Waals surface area contributed by atoms with Crippen LogP contribution in [0.5, 0.6) is 0 Å². The monoisotopic (exact) mass is 350 g/mol. The van der Waals surface area contributed by atoms with Crippen molar-refractivity contribution in [3.63, 3.8) is 0 Å². The molecule has 4 heteroatoms. The molecule has 26 heavy (non-hydrogen) atoms. The van der Waals surface area contributed by atoms with Crippen molar-refractivity contribution < 1.29 is 9.59 Å². The molecule has 1 N–H and O–H groups in total. The van der Waals surface area contributed by atoms with E-state index in [0.29, 0.717) is 17.9 Å². The number of anilines is 1. The summed E-state index contributed by atoms with van der Waals surface area (Å²) in [5, 5.41) is 3.16. The highest BCUT2D eigenvalue weighted by molar-refractivity contribution is 5.97. The van der Waals surface area contributed by atoms with Gasteiger partial charge in [0.2, 0.25) is 5.91 Å². The van der Waals surface area contributed by atoms with Crippen LogP contribution in [0.25, 0.3) is 0 Å². The molecule has 1 fully saturated rings. The zero-order chi connectivity index (χ0) is 18.5. The van der Waals surface area contributed by atoms with Gasteiger partial charge in [0, 0.05) is 24.2 Å². The summed E-state index contributed by atoms with van der Waals surface area (Å²) in [4.78, 5) is 26.3. The highest BCUT2D eigenvalue weighted by Gasteiger charge is 2.22. The zero-order valence-corrected chi connectivity index (χ0v) is 15.4. The third-order valence-corrected chi connectivity index (χ3v) is 4.73. The van der Waals surface area contributed by atoms with E-state index in [1.165, 1.54) is 0 Å². The van der Waals surface area contributed by atoms with Crippen molar-refractivity contribution in [2.45, 2.75) is 39.2 Å². The molecule has 136 valence electrons. The third kappa shape index (κ3) is 4.31. The van der Waals surface area contributed by atoms with Crippen molar-refractivity contribution in [1.29, 1.82) is 0 Å². The van der Waals surface area contributed by atoms with Crippen molar-refractivity contribution in [2.75, 3.05) is 11.4 Å². The SMILES string of the molecule is CC(C)C[C@H](NC(=O)c1ccc(N2CCCC2=O)cc1)c1ccccc1. The molecule has 1 saturated heterocycles. The van der Waals surface area contributed by atoms with E-state index in [-0.39, 0.29) is 17.9 Å². The van der Waals surface area contributed by atoms with Crippen LogP contribution in [0.2, 0.25) is 0 Å². The molecule has 1 atom stereocenters. The maximum absolute atomic E-state index is 12.7. The van der Waals surface area contributed by atoms with Gasteiger partial charge in [-0.25, -0.2) is 0 Å². The first-order chi connectivity index (χ1) is 12.5. The lowest BCUT2D eigenvalue weighted by molar-refractivity contribution is -0.117. The minimum Gasteiger partial charge on any atom is -0.345 e. The Morgan fingerprint density at radius 3 is 2.35 bits per heavy atom. The molecule has 0 bridgehead atoms. The van der Waals surface area contributed by atoms with Gasteiger partial charge in [0.05, 0.1) is 6.04 Å². The Balaban J connectivity index is 1.72. The topological polar surface area (TPSA) is 49.4 Å². The fourth-order valence-electron chi connectivity index (χ4n) is 3.39. The van der Waals surface area contributed by atoms with Crippen molar-refractivity contribution in [3.8, 4) is 0 Å². The van der Waals surface area contributed by atoms with Crippen LogP contribution >= 0.6 is 0 Å². The molecule has 4 nitrogen and oxygen atoms in total. The van der Waals surface area contributed by atoms with Crippen LogP contribution in [0.4, 0.5) is 5.69 Å². The molecule has 1 heterocycles. The first-order valence-corrected chi connectivity index (χ1v) is 9.31. The first-order valence-electron chi connectivity index (χ1n) is 9.31. The minimum absolute atomic E-state index is 0.0106. The van der Waals surface area contributed by atoms with Crippen molar-refractivity contribution in [2.24, 2.45) is 5.92 Å². The summed E-state index contributed by atoms with van der Waals surface area (Å²) in [5.74, 6) is 0.547. The van der Waals surface area contributed by atoms with Crippen LogP contribution in [-0.4, -0.2) is 18.4 Å². The Labute approximate surface area is 155 Å². The summed E-state index contributed by atoms with van der Waals surface area (Å²) < 4.78 is 0. The largest absolute Gasteiger partial charge is 0.345 e. The molecule has 2 aromatic rings. The molecule has 0 unspecified atom stereocenters. The highest BCUT2D eigenvalue weighted by Crippen LogP contribution is 2.24. The van der Waals surface area contributed by atoms with E-state index in [0.717, 1.165) is 30.6 Å². The van der Waals surface area contributed by atoms with Crippen LogP contribution in [0.3, 0.4) is 0 Å². The van der Waals surface area contributed by atoms with E-state index in [1.54, 1.807) is 17.0 Å². The van der Waals surface area contributed by atoms with Gasteiger partial charge in [-0.1, -0.05) is 44.2 Å². The van der Waals surface area contributed by atoms with E-state index in [9.17, 15) is 9.59 Å². The maximum Gasteiger partial charge on any atom is 0.251 e. The molecule has 0 saturated carbocycles. The fraction of sp³-hybridized carbons (Fsp3) is 0.364. The minimum atomic E-state index is -0.0844. The Bertz CT molecular complexity index is 753. The standard InChI is InChI=1S/C22H26N2O2/c1-16(2)15-20(17-7-4-3-5-8-17)23-22(26)18-10-12-19(13-11-18)24-14-6-9-21(24)25/h3-5,7-8,10-13,16,20H,6,9,14-15H2,1-2H3,(H,23,26)/t20-/m0/s1. The van der Waals surface area contributed by atoms with Crippen LogP contribution in [0.15, 0.2) is 54.6 Å². The number of nitrogens with one attached hydrogen (secondary N) is 1. The van der Waals surface area contributed by atoms with Crippen LogP contribution in [0.1, 0.15) is 55.1 Å². The summed E-state index contributed by atoms with van der Waals surface area (Å²) in [6.07, 6.45) is 2.39. The number of hydrogen-bond acceptors (Lipinski definition) is 2. The predicted molar refractivity (Wildman–Crippen MR) is 104 cm³/mol. The van der Waals surface area contributed by atoms with Crippen molar-refractivity contribution in [3.05, 3.63) is 65.7 Å². The number of hydrogen-bond donors (Lipinski definition) is 1. The second-order valence-electron chi connectivity index (χ2n) is 7.26. The predicted octanol–water partition coefficient (Wildman–Crippen LogP) is 4.33. The van der Waals surface area contributed by atoms with Gasteiger partial charge < -0.3 is 10.2 Å². The molecule has 1 aliphatic heterocycles. The highest BCUT2D eigenvalue weighted by atomic mass is 16.2. The molecule has 2 amide bonds. The molecule has 2 aromatic carbocycles. The molecule has 1 aliphatic rings. The van der Waals surface area contributed by atoms with E-state index >= 15 is 0 Å². The Kier molecular flexibility index (Phi) is 5.71. The maximum atomic E-state index is 12.7. The van der Waals surface area contributed by atoms with Gasteiger partial charge >= 0.3 is 0 Å². The smallest absolute Gasteiger partial charge is 0.251 e. The van der Waals surface area contributed by atoms with E-state index in [4.69, 9.17) is 0 Å². The average molecular weight is 350 g/mol. The van der Waals surface area contributed by atoms with Gasteiger partial charge in [-0.2, -0.15) is 0 Å². The van der Waals surface area contributed by atoms with Gasteiger partial charge in [-0.3, -0.25) is 9.59 Å². The molecule has 0 radical (unpaired) electrons. The Morgan fingerprint density at radius 2 is 1.77 bits per heavy atom. The van der Waals surface area contributed by atoms with Gasteiger partial charge in [0.1, 0.15) is 0 Å². The first kappa shape index (κ1) is 18.2. The fourth-order valence-corrected chi connectivity index (χ4v) is 3.39. The summed E-state index contributed by atoms with van der Waals surface area (Å²) in [7, 11) is 0. The van der Waals surface area contributed by atoms with Crippen molar-refractivity contribution in [1.82, 2.24) is 5.32 Å². The summed E-state index contributed by atoms with van der Waals surface area (Å²) >= 11 is 0. The van der Waals surface area contributed by atoms with Gasteiger partial charge in [-0.05, 0) is 48.6 Å². The van der Waals surface area contributed by atoms with E-state index in [2.05, 4.69) is 31.3 Å². The van der Waals surface area contributed by atoms with Gasteiger partial charge in [0.15, 0.2) is 0 Å². The van der Waals surface area contributed by atoms with Crippen molar-refractivity contribution >= 4 is 17.5 Å². The van der Waals surface area contributed by atoms with E-state index in [1.807, 2.05) is 30.3 Å². The summed E-state index contributed by atoms with van der Waals surface area (Å²) in [5.41, 5.74) is 2.60. The molecule has 0 aromatic heterocycles. The van der Waals surface area contributed by atoms with E-state index < -0.39 is 0 Å². The quantitative estimate of drug-likeness (QED) is 0.843. The Morgan fingerprint density at radius 1 is 1.08 bits per heavy atom. The van der Waals surface area contributed by atoms with Gasteiger partial charge in [0.25, 0.3) is 5.91 Å². The lowest BCUT2D eigenvalue weighted by atomic mass is 9.96. The molecule has 0 aliphatic carbocycles. The normalized spacial score (nSPS) is 15.3. The number of carbonyl (C=O) groups excluding carboxylic acids is 2. The lowest BCUT2D eigenvalue weighted by Gasteiger charge is -2.21. The average Bonchev–Trinajstić information content (AvgIpc) is 3.07. The van der Waals surface area contributed by atoms with Crippen LogP contribution < -0.4 is 10.2 Å². The zero-order valence-electron chi connectivity index (χ0n) is 15.4. The second kappa shape index (κ2) is 8.17. The third-order valence-electron chi connectivity index (χ3n) is 4.73. The summed E-state index contributed by atoms with van der Waals surface area (Å²) in [6, 6.07) is 17.4. The van der Waals surface area contributed by atoms with Crippen LogP contribution in [-0.2, 0) is 4.79 Å². The molecular weight excluding hydrogens is 324 g/mol. The number of benzene rings is 2. The molecule has 3 rings (SSSR count). The second-order valence-corrected chi connectivity index (χ2v) is 7.26. The number of carbonyl (C=O) groups is 2. The number of amides is 2. The number of rotatable bonds is 6. The van der Waals surface area contributed by atoms with Crippen LogP contribution in [0, 0.1) is 5.92 Å². The molecular formula is C22H26N2O2. The lowest BCUT2D eigenvalue weighted by Crippen LogP contribution is -2.29. The Hall–Kier alpha value is -2.62.